The van der Waals surface area contributed by atoms with Gasteiger partial charge in [0, 0.05) is 10.8 Å². The van der Waals surface area contributed by atoms with Gasteiger partial charge in [0.15, 0.2) is 0 Å². The van der Waals surface area contributed by atoms with Crippen LogP contribution in [0.5, 0.6) is 0 Å². The van der Waals surface area contributed by atoms with Crippen LogP contribution in [0.1, 0.15) is 5.56 Å². The van der Waals surface area contributed by atoms with Gasteiger partial charge in [-0.25, -0.2) is 0 Å². The zero-order valence-electron chi connectivity index (χ0n) is 13.8. The van der Waals surface area contributed by atoms with E-state index in [1.54, 1.807) is 0 Å². The molecule has 0 radical (unpaired) electrons. The lowest BCUT2D eigenvalue weighted by Crippen LogP contribution is -2.04. The summed E-state index contributed by atoms with van der Waals surface area (Å²) in [7, 11) is 0. The molecule has 1 nitrogen and oxygen atoms in total. The van der Waals surface area contributed by atoms with Crippen LogP contribution in [-0.4, -0.2) is 4.57 Å². The molecule has 0 unspecified atom stereocenters. The zero-order valence-corrected chi connectivity index (χ0v) is 14.6. The van der Waals surface area contributed by atoms with E-state index < -0.39 is 0 Å². The van der Waals surface area contributed by atoms with Crippen LogP contribution >= 0.6 is 11.3 Å². The molecule has 0 spiro atoms. The summed E-state index contributed by atoms with van der Waals surface area (Å²) in [6.45, 7) is 2.23. The Hall–Kier alpha value is -2.84. The molecule has 2 heterocycles. The van der Waals surface area contributed by atoms with Gasteiger partial charge in [0.25, 0.3) is 0 Å². The van der Waals surface area contributed by atoms with Gasteiger partial charge in [-0.3, -0.25) is 0 Å². The maximum Gasteiger partial charge on any atom is 0.0719 e. The zero-order chi connectivity index (χ0) is 16.5. The van der Waals surface area contributed by atoms with Gasteiger partial charge >= 0.3 is 0 Å². The van der Waals surface area contributed by atoms with Crippen LogP contribution in [0.4, 0.5) is 0 Å². The number of pyridine rings is 1. The molecule has 0 atom stereocenters. The molecule has 4 aromatic carbocycles. The first kappa shape index (κ1) is 13.5. The van der Waals surface area contributed by atoms with Crippen LogP contribution in [0, 0.1) is 6.92 Å². The summed E-state index contributed by atoms with van der Waals surface area (Å²) in [6, 6.07) is 26.6. The quantitative estimate of drug-likeness (QED) is 0.210. The molecular weight excluding hydrogens is 322 g/mol. The van der Waals surface area contributed by atoms with Gasteiger partial charge in [-0.15, -0.1) is 11.3 Å². The van der Waals surface area contributed by atoms with E-state index >= 15 is 0 Å². The fraction of sp³-hybridized carbons (Fsp3) is 0.0435. The minimum atomic E-state index is 1.28. The Morgan fingerprint density at radius 2 is 1.40 bits per heavy atom. The smallest absolute Gasteiger partial charge is 0.0719 e. The lowest BCUT2D eigenvalue weighted by atomic mass is 9.95. The highest BCUT2D eigenvalue weighted by Gasteiger charge is 2.20. The van der Waals surface area contributed by atoms with E-state index in [2.05, 4.69) is 84.3 Å². The second kappa shape index (κ2) is 4.62. The Bertz CT molecular complexity index is 1400. The molecule has 0 aromatic heterocycles. The molecule has 0 fully saturated rings. The fourth-order valence-corrected chi connectivity index (χ4v) is 5.41. The first-order chi connectivity index (χ1) is 12.3. The summed E-state index contributed by atoms with van der Waals surface area (Å²) in [4.78, 5) is 0. The summed E-state index contributed by atoms with van der Waals surface area (Å²) >= 11 is 1.89. The first-order valence-corrected chi connectivity index (χ1v) is 9.37. The molecule has 4 aromatic rings. The molecular formula is C23H15NS. The van der Waals surface area contributed by atoms with E-state index in [1.165, 1.54) is 53.2 Å². The molecule has 6 rings (SSSR count). The highest BCUT2D eigenvalue weighted by atomic mass is 32.1. The van der Waals surface area contributed by atoms with Crippen molar-refractivity contribution in [3.63, 3.8) is 0 Å². The Morgan fingerprint density at radius 1 is 0.680 bits per heavy atom. The van der Waals surface area contributed by atoms with Gasteiger partial charge in [0.05, 0.1) is 26.1 Å². The van der Waals surface area contributed by atoms with Gasteiger partial charge < -0.3 is 4.57 Å². The summed E-state index contributed by atoms with van der Waals surface area (Å²) < 4.78 is 5.14. The lowest BCUT2D eigenvalue weighted by molar-refractivity contribution is 1.20. The predicted octanol–water partition coefficient (Wildman–Crippen LogP) is 6.90. The Kier molecular flexibility index (Phi) is 2.48. The van der Waals surface area contributed by atoms with E-state index in [4.69, 9.17) is 0 Å². The number of benzene rings is 4. The van der Waals surface area contributed by atoms with Crippen LogP contribution in [-0.2, 0) is 0 Å². The normalized spacial score (nSPS) is 12.2. The number of aromatic nitrogens is 1. The largest absolute Gasteiger partial charge is 0.306 e. The van der Waals surface area contributed by atoms with Crippen molar-refractivity contribution in [1.29, 1.82) is 0 Å². The van der Waals surface area contributed by atoms with Crippen LogP contribution in [0.25, 0.3) is 47.7 Å². The average Bonchev–Trinajstić information content (AvgIpc) is 2.66. The van der Waals surface area contributed by atoms with Crippen molar-refractivity contribution in [2.24, 2.45) is 0 Å². The maximum atomic E-state index is 2.46. The molecule has 0 aliphatic carbocycles. The van der Waals surface area contributed by atoms with Gasteiger partial charge in [-0.05, 0) is 47.5 Å². The lowest BCUT2D eigenvalue weighted by Gasteiger charge is -2.24. The highest BCUT2D eigenvalue weighted by Crippen LogP contribution is 2.44. The molecule has 2 heteroatoms. The third-order valence-electron chi connectivity index (χ3n) is 5.29. The third-order valence-corrected chi connectivity index (χ3v) is 6.39. The summed E-state index contributed by atoms with van der Waals surface area (Å²) in [5.41, 5.74) is 5.26. The summed E-state index contributed by atoms with van der Waals surface area (Å²) in [5, 5.41) is 5.41. The number of nitrogens with zero attached hydrogens (tertiary/aromatic N) is 1. The van der Waals surface area contributed by atoms with E-state index in [0.717, 1.165) is 0 Å². The van der Waals surface area contributed by atoms with Crippen LogP contribution in [0.3, 0.4) is 0 Å². The van der Waals surface area contributed by atoms with E-state index in [0.29, 0.717) is 0 Å². The van der Waals surface area contributed by atoms with Crippen molar-refractivity contribution >= 4 is 53.3 Å². The summed E-state index contributed by atoms with van der Waals surface area (Å²) in [5.74, 6) is 0. The molecule has 118 valence electrons. The standard InChI is InChI=1S/C23H15NS/c1-14-13-21-23-22-15(14)8-6-9-17(22)16-7-2-3-10-18(16)24(23)19-11-4-5-12-20(19)25-21/h2-13H,1H3. The minimum absolute atomic E-state index is 1.28. The molecule has 2 aliphatic rings. The molecule has 0 amide bonds. The first-order valence-electron chi connectivity index (χ1n) is 8.56. The van der Waals surface area contributed by atoms with Crippen LogP contribution in [0.15, 0.2) is 72.8 Å². The van der Waals surface area contributed by atoms with E-state index in [9.17, 15) is 0 Å². The van der Waals surface area contributed by atoms with Crippen LogP contribution in [0.2, 0.25) is 0 Å². The van der Waals surface area contributed by atoms with Gasteiger partial charge in [-0.2, -0.15) is 0 Å². The highest BCUT2D eigenvalue weighted by molar-refractivity contribution is 7.24. The van der Waals surface area contributed by atoms with Crippen LogP contribution < -0.4 is 0 Å². The molecule has 0 saturated heterocycles. The van der Waals surface area contributed by atoms with Crippen molar-refractivity contribution < 1.29 is 0 Å². The van der Waals surface area contributed by atoms with Gasteiger partial charge in [0.1, 0.15) is 0 Å². The number of para-hydroxylation sites is 2. The second-order valence-electron chi connectivity index (χ2n) is 6.69. The Balaban J connectivity index is 2.11. The monoisotopic (exact) mass is 337 g/mol. The summed E-state index contributed by atoms with van der Waals surface area (Å²) in [6.07, 6.45) is 0. The topological polar surface area (TPSA) is 4.93 Å². The number of hydrogen-bond acceptors (Lipinski definition) is 1. The number of hydrogen-bond donors (Lipinski definition) is 0. The minimum Gasteiger partial charge on any atom is -0.306 e. The molecule has 25 heavy (non-hydrogen) atoms. The maximum absolute atomic E-state index is 2.46. The van der Waals surface area contributed by atoms with Crippen molar-refractivity contribution in [3.8, 4) is 5.69 Å². The fourth-order valence-electron chi connectivity index (χ4n) is 4.24. The SMILES string of the molecule is Cc1cc2sc3ccccc3n3c4ccccc4c4cccc1c4c2-3. The van der Waals surface area contributed by atoms with E-state index in [-0.39, 0.29) is 0 Å². The van der Waals surface area contributed by atoms with E-state index in [1.807, 2.05) is 11.3 Å². The van der Waals surface area contributed by atoms with Gasteiger partial charge in [-0.1, -0.05) is 48.5 Å². The Morgan fingerprint density at radius 3 is 2.32 bits per heavy atom. The molecule has 0 saturated carbocycles. The predicted molar refractivity (Wildman–Crippen MR) is 110 cm³/mol. The van der Waals surface area contributed by atoms with Gasteiger partial charge in [0.2, 0.25) is 0 Å². The number of fused-ring (bicyclic) bond motifs is 5. The number of rotatable bonds is 0. The van der Waals surface area contributed by atoms with Crippen molar-refractivity contribution in [2.75, 3.05) is 0 Å². The average molecular weight is 337 g/mol. The molecule has 2 aliphatic heterocycles. The number of aryl methyl sites for hydroxylation is 1. The van der Waals surface area contributed by atoms with Crippen molar-refractivity contribution in [3.05, 3.63) is 78.4 Å². The van der Waals surface area contributed by atoms with Crippen molar-refractivity contribution in [2.45, 2.75) is 6.92 Å². The molecule has 0 bridgehead atoms. The van der Waals surface area contributed by atoms with Crippen molar-refractivity contribution in [1.82, 2.24) is 4.57 Å². The third kappa shape index (κ3) is 1.62. The molecule has 0 N–H and O–H groups in total. The second-order valence-corrected chi connectivity index (χ2v) is 7.77. The Labute approximate surface area is 149 Å².